The minimum Gasteiger partial charge on any atom is -0.158 e. The molecule has 0 saturated carbocycles. The molecule has 0 aromatic rings. The van der Waals surface area contributed by atoms with Crippen LogP contribution in [-0.4, -0.2) is 10.1 Å². The van der Waals surface area contributed by atoms with E-state index in [9.17, 15) is 0 Å². The molecule has 0 amide bonds. The Morgan fingerprint density at radius 1 is 1.50 bits per heavy atom. The average molecular weight is 145 g/mol. The van der Waals surface area contributed by atoms with Gasteiger partial charge in [0.1, 0.15) is 0 Å². The van der Waals surface area contributed by atoms with Crippen molar-refractivity contribution >= 4 is 35.8 Å². The number of rotatable bonds is 1. The lowest BCUT2D eigenvalue weighted by atomic mass is 10.6. The van der Waals surface area contributed by atoms with Crippen molar-refractivity contribution in [1.29, 1.82) is 0 Å². The molecule has 0 bridgehead atoms. The molecule has 0 nitrogen and oxygen atoms in total. The molecule has 6 heavy (non-hydrogen) atoms. The summed E-state index contributed by atoms with van der Waals surface area (Å²) in [5.74, 6) is 0. The number of hydrogen-bond acceptors (Lipinski definition) is 1. The molecule has 0 spiro atoms. The molecular formula is C3H6Cl2S. The summed E-state index contributed by atoms with van der Waals surface area (Å²) in [6, 6.07) is 0. The molecule has 0 saturated heterocycles. The fourth-order valence-corrected chi connectivity index (χ4v) is 0. The lowest BCUT2D eigenvalue weighted by molar-refractivity contribution is 1.06. The summed E-state index contributed by atoms with van der Waals surface area (Å²) in [6.07, 6.45) is 0. The van der Waals surface area contributed by atoms with Gasteiger partial charge >= 0.3 is 0 Å². The zero-order chi connectivity index (χ0) is 5.15. The SMILES string of the molecule is CC(Cl)C(S)Cl. The molecule has 0 radical (unpaired) electrons. The molecule has 0 rings (SSSR count). The first-order chi connectivity index (χ1) is 2.64. The third-order valence-corrected chi connectivity index (χ3v) is 1.76. The maximum atomic E-state index is 5.40. The van der Waals surface area contributed by atoms with Gasteiger partial charge in [-0.15, -0.1) is 23.2 Å². The molecule has 3 heteroatoms. The van der Waals surface area contributed by atoms with Crippen LogP contribution >= 0.6 is 35.8 Å². The lowest BCUT2D eigenvalue weighted by Gasteiger charge is -1.99. The second-order valence-corrected chi connectivity index (χ2v) is 3.07. The van der Waals surface area contributed by atoms with Gasteiger partial charge in [-0.2, -0.15) is 12.6 Å². The summed E-state index contributed by atoms with van der Waals surface area (Å²) >= 11 is 14.6. The van der Waals surface area contributed by atoms with Crippen LogP contribution in [0.4, 0.5) is 0 Å². The molecule has 0 aliphatic heterocycles. The van der Waals surface area contributed by atoms with Crippen molar-refractivity contribution in [2.24, 2.45) is 0 Å². The van der Waals surface area contributed by atoms with E-state index in [0.29, 0.717) is 0 Å². The van der Waals surface area contributed by atoms with Gasteiger partial charge in [-0.25, -0.2) is 0 Å². The van der Waals surface area contributed by atoms with Crippen LogP contribution < -0.4 is 0 Å². The number of alkyl halides is 2. The number of hydrogen-bond donors (Lipinski definition) is 1. The largest absolute Gasteiger partial charge is 0.158 e. The summed E-state index contributed by atoms with van der Waals surface area (Å²) in [5.41, 5.74) is 0. The van der Waals surface area contributed by atoms with Crippen molar-refractivity contribution in [2.45, 2.75) is 17.0 Å². The van der Waals surface area contributed by atoms with Crippen molar-refractivity contribution in [2.75, 3.05) is 0 Å². The Bertz CT molecular complexity index is 29.8. The lowest BCUT2D eigenvalue weighted by Crippen LogP contribution is -2.00. The van der Waals surface area contributed by atoms with E-state index >= 15 is 0 Å². The third kappa shape index (κ3) is 3.13. The third-order valence-electron chi connectivity index (χ3n) is 0.379. The summed E-state index contributed by atoms with van der Waals surface area (Å²) in [6.45, 7) is 1.80. The van der Waals surface area contributed by atoms with Gasteiger partial charge in [-0.3, -0.25) is 0 Å². The van der Waals surface area contributed by atoms with E-state index < -0.39 is 0 Å². The van der Waals surface area contributed by atoms with Crippen LogP contribution in [-0.2, 0) is 0 Å². The van der Waals surface area contributed by atoms with E-state index in [0.717, 1.165) is 0 Å². The highest BCUT2D eigenvalue weighted by Crippen LogP contribution is 2.11. The van der Waals surface area contributed by atoms with E-state index in [1.165, 1.54) is 0 Å². The van der Waals surface area contributed by atoms with Crippen LogP contribution in [0.2, 0.25) is 0 Å². The van der Waals surface area contributed by atoms with Crippen LogP contribution in [0.1, 0.15) is 6.92 Å². The predicted octanol–water partition coefficient (Wildman–Crippen LogP) is 2.11. The molecule has 0 aliphatic carbocycles. The number of thiol groups is 1. The van der Waals surface area contributed by atoms with Gasteiger partial charge in [0.15, 0.2) is 0 Å². The fourth-order valence-electron chi connectivity index (χ4n) is 0. The van der Waals surface area contributed by atoms with Crippen LogP contribution in [0, 0.1) is 0 Å². The standard InChI is InChI=1S/C3H6Cl2S/c1-2(4)3(5)6/h2-3,6H,1H3. The highest BCUT2D eigenvalue weighted by Gasteiger charge is 2.02. The van der Waals surface area contributed by atoms with Crippen molar-refractivity contribution in [1.82, 2.24) is 0 Å². The Balaban J connectivity index is 2.99. The number of halogens is 2. The summed E-state index contributed by atoms with van der Waals surface area (Å²) < 4.78 is -0.216. The Labute approximate surface area is 53.2 Å². The van der Waals surface area contributed by atoms with Gasteiger partial charge in [0.25, 0.3) is 0 Å². The first kappa shape index (κ1) is 6.93. The minimum atomic E-state index is -0.216. The first-order valence-corrected chi connectivity index (χ1v) is 2.99. The zero-order valence-electron chi connectivity index (χ0n) is 3.36. The summed E-state index contributed by atoms with van der Waals surface area (Å²) in [5, 5.41) is -0.0463. The van der Waals surface area contributed by atoms with Gasteiger partial charge in [0.2, 0.25) is 0 Å². The summed E-state index contributed by atoms with van der Waals surface area (Å²) in [7, 11) is 0. The Morgan fingerprint density at radius 2 is 1.67 bits per heavy atom. The van der Waals surface area contributed by atoms with Crippen molar-refractivity contribution in [3.8, 4) is 0 Å². The molecular weight excluding hydrogens is 139 g/mol. The van der Waals surface area contributed by atoms with Crippen molar-refractivity contribution < 1.29 is 0 Å². The summed E-state index contributed by atoms with van der Waals surface area (Å²) in [4.78, 5) is 0. The van der Waals surface area contributed by atoms with Gasteiger partial charge < -0.3 is 0 Å². The maximum absolute atomic E-state index is 5.40. The molecule has 2 atom stereocenters. The molecule has 2 unspecified atom stereocenters. The molecule has 0 fully saturated rings. The van der Waals surface area contributed by atoms with E-state index in [1.54, 1.807) is 6.92 Å². The zero-order valence-corrected chi connectivity index (χ0v) is 5.76. The normalized spacial score (nSPS) is 20.0. The minimum absolute atomic E-state index is 0.0463. The van der Waals surface area contributed by atoms with Gasteiger partial charge in [0, 0.05) is 0 Å². The van der Waals surface area contributed by atoms with E-state index in [2.05, 4.69) is 12.6 Å². The van der Waals surface area contributed by atoms with Crippen molar-refractivity contribution in [3.05, 3.63) is 0 Å². The average Bonchev–Trinajstić information content (AvgIpc) is 1.36. The fraction of sp³-hybridized carbons (Fsp3) is 1.00. The molecule has 0 heterocycles. The molecule has 0 aromatic heterocycles. The predicted molar refractivity (Wildman–Crippen MR) is 33.9 cm³/mol. The Kier molecular flexibility index (Phi) is 3.47. The maximum Gasteiger partial charge on any atom is 0.0920 e. The molecule has 0 N–H and O–H groups in total. The van der Waals surface area contributed by atoms with Gasteiger partial charge in [0.05, 0.1) is 10.1 Å². The van der Waals surface area contributed by atoms with Crippen LogP contribution in [0.3, 0.4) is 0 Å². The van der Waals surface area contributed by atoms with Crippen LogP contribution in [0.25, 0.3) is 0 Å². The first-order valence-electron chi connectivity index (χ1n) is 1.61. The van der Waals surface area contributed by atoms with Crippen LogP contribution in [0.5, 0.6) is 0 Å². The second-order valence-electron chi connectivity index (χ2n) is 1.05. The topological polar surface area (TPSA) is 0 Å². The highest BCUT2D eigenvalue weighted by molar-refractivity contribution is 7.82. The van der Waals surface area contributed by atoms with E-state index in [1.807, 2.05) is 0 Å². The van der Waals surface area contributed by atoms with Gasteiger partial charge in [-0.05, 0) is 6.92 Å². The highest BCUT2D eigenvalue weighted by atomic mass is 35.5. The quantitative estimate of drug-likeness (QED) is 0.424. The van der Waals surface area contributed by atoms with E-state index in [-0.39, 0.29) is 10.1 Å². The Hall–Kier alpha value is 0.930. The Morgan fingerprint density at radius 3 is 1.67 bits per heavy atom. The molecule has 0 aliphatic rings. The van der Waals surface area contributed by atoms with Gasteiger partial charge in [-0.1, -0.05) is 0 Å². The monoisotopic (exact) mass is 144 g/mol. The molecule has 0 aromatic carbocycles. The smallest absolute Gasteiger partial charge is 0.0920 e. The van der Waals surface area contributed by atoms with Crippen LogP contribution in [0.15, 0.2) is 0 Å². The van der Waals surface area contributed by atoms with Crippen molar-refractivity contribution in [3.63, 3.8) is 0 Å². The molecule has 38 valence electrons. The second kappa shape index (κ2) is 3.00. The van der Waals surface area contributed by atoms with E-state index in [4.69, 9.17) is 23.2 Å².